The van der Waals surface area contributed by atoms with E-state index >= 15 is 0 Å². The molecule has 1 amide bonds. The Morgan fingerprint density at radius 3 is 2.58 bits per heavy atom. The van der Waals surface area contributed by atoms with Crippen molar-refractivity contribution in [1.29, 1.82) is 0 Å². The maximum absolute atomic E-state index is 12.7. The van der Waals surface area contributed by atoms with Gasteiger partial charge in [-0.15, -0.1) is 23.7 Å². The fraction of sp³-hybridized carbons (Fsp3) is 0.688. The number of sulfonamides is 1. The number of nitrogens with zero attached hydrogens (tertiary/aromatic N) is 2. The summed E-state index contributed by atoms with van der Waals surface area (Å²) in [6.45, 7) is 6.70. The minimum absolute atomic E-state index is 0. The van der Waals surface area contributed by atoms with Gasteiger partial charge in [-0.3, -0.25) is 4.79 Å². The number of carbonyl (C=O) groups excluding carboxylic acids is 1. The Kier molecular flexibility index (Phi) is 8.31. The summed E-state index contributed by atoms with van der Waals surface area (Å²) < 4.78 is 26.9. The molecule has 2 aliphatic heterocycles. The molecule has 0 radical (unpaired) electrons. The van der Waals surface area contributed by atoms with Gasteiger partial charge in [0.25, 0.3) is 5.91 Å². The first-order valence-electron chi connectivity index (χ1n) is 8.88. The summed E-state index contributed by atoms with van der Waals surface area (Å²) in [4.78, 5) is 15.3. The first kappa shape index (κ1) is 21.6. The molecule has 1 aromatic rings. The van der Waals surface area contributed by atoms with E-state index in [0.29, 0.717) is 24.5 Å². The lowest BCUT2D eigenvalue weighted by atomic mass is 10.3. The van der Waals surface area contributed by atoms with Crippen molar-refractivity contribution in [3.8, 4) is 0 Å². The molecule has 7 nitrogen and oxygen atoms in total. The van der Waals surface area contributed by atoms with Gasteiger partial charge >= 0.3 is 0 Å². The number of piperazine rings is 1. The summed E-state index contributed by atoms with van der Waals surface area (Å²) in [5.74, 6) is -0.284. The van der Waals surface area contributed by atoms with Crippen LogP contribution in [-0.2, 0) is 10.0 Å². The Labute approximate surface area is 165 Å². The molecule has 2 fully saturated rings. The average Bonchev–Trinajstić information content (AvgIpc) is 3.31. The SMILES string of the molecule is Cl.O=C(NCCCN1CCNCC1)c1sccc1S(=O)(=O)N1CCCC1. The van der Waals surface area contributed by atoms with Gasteiger partial charge in [-0.25, -0.2) is 8.42 Å². The number of hydrogen-bond acceptors (Lipinski definition) is 6. The highest BCUT2D eigenvalue weighted by molar-refractivity contribution is 7.89. The predicted octanol–water partition coefficient (Wildman–Crippen LogP) is 0.980. The average molecular weight is 423 g/mol. The smallest absolute Gasteiger partial charge is 0.262 e. The second kappa shape index (κ2) is 10.0. The number of halogens is 1. The van der Waals surface area contributed by atoms with E-state index in [1.807, 2.05) is 0 Å². The summed E-state index contributed by atoms with van der Waals surface area (Å²) in [6.07, 6.45) is 2.64. The van der Waals surface area contributed by atoms with E-state index in [1.54, 1.807) is 11.4 Å². The predicted molar refractivity (Wildman–Crippen MR) is 106 cm³/mol. The zero-order valence-corrected chi connectivity index (χ0v) is 17.2. The molecule has 0 atom stereocenters. The van der Waals surface area contributed by atoms with Crippen molar-refractivity contribution in [2.45, 2.75) is 24.2 Å². The van der Waals surface area contributed by atoms with Crippen molar-refractivity contribution in [2.24, 2.45) is 0 Å². The molecule has 2 aliphatic rings. The molecule has 0 unspecified atom stereocenters. The van der Waals surface area contributed by atoms with Crippen LogP contribution in [0.15, 0.2) is 16.3 Å². The van der Waals surface area contributed by atoms with Gasteiger partial charge in [0.15, 0.2) is 0 Å². The van der Waals surface area contributed by atoms with Gasteiger partial charge in [-0.2, -0.15) is 4.31 Å². The van der Waals surface area contributed by atoms with Gasteiger partial charge in [0.1, 0.15) is 9.77 Å². The number of carbonyl (C=O) groups is 1. The third-order valence-corrected chi connectivity index (χ3v) is 7.65. The largest absolute Gasteiger partial charge is 0.351 e. The Morgan fingerprint density at radius 1 is 1.19 bits per heavy atom. The Hall–Kier alpha value is -0.710. The number of hydrogen-bond donors (Lipinski definition) is 2. The molecule has 148 valence electrons. The Morgan fingerprint density at radius 2 is 1.88 bits per heavy atom. The van der Waals surface area contributed by atoms with E-state index < -0.39 is 10.0 Å². The third-order valence-electron chi connectivity index (χ3n) is 4.66. The number of amides is 1. The maximum Gasteiger partial charge on any atom is 0.262 e. The zero-order chi connectivity index (χ0) is 17.7. The standard InChI is InChI=1S/C16H26N4O3S2.ClH/c21-16(18-5-3-8-19-11-6-17-7-12-19)15-14(4-13-24-15)25(22,23)20-9-1-2-10-20;/h4,13,17H,1-3,5-12H2,(H,18,21);1H. The van der Waals surface area contributed by atoms with E-state index in [0.717, 1.165) is 52.0 Å². The van der Waals surface area contributed by atoms with Crippen molar-refractivity contribution in [2.75, 3.05) is 52.4 Å². The van der Waals surface area contributed by atoms with Gasteiger partial charge in [-0.1, -0.05) is 0 Å². The van der Waals surface area contributed by atoms with Gasteiger partial charge in [0.2, 0.25) is 10.0 Å². The van der Waals surface area contributed by atoms with Crippen LogP contribution in [0.3, 0.4) is 0 Å². The highest BCUT2D eigenvalue weighted by atomic mass is 35.5. The van der Waals surface area contributed by atoms with Crippen LogP contribution in [0.5, 0.6) is 0 Å². The summed E-state index contributed by atoms with van der Waals surface area (Å²) in [5, 5.41) is 7.87. The van der Waals surface area contributed by atoms with Gasteiger partial charge in [-0.05, 0) is 37.3 Å². The van der Waals surface area contributed by atoms with Crippen molar-refractivity contribution >= 4 is 39.7 Å². The fourth-order valence-corrected chi connectivity index (χ4v) is 6.09. The van der Waals surface area contributed by atoms with E-state index in [1.165, 1.54) is 15.6 Å². The Balaban J connectivity index is 0.00000243. The lowest BCUT2D eigenvalue weighted by Crippen LogP contribution is -2.44. The lowest BCUT2D eigenvalue weighted by molar-refractivity contribution is 0.0952. The monoisotopic (exact) mass is 422 g/mol. The molecule has 3 rings (SSSR count). The molecule has 2 saturated heterocycles. The van der Waals surface area contributed by atoms with E-state index in [2.05, 4.69) is 15.5 Å². The van der Waals surface area contributed by atoms with E-state index in [4.69, 9.17) is 0 Å². The molecule has 3 heterocycles. The van der Waals surface area contributed by atoms with Crippen LogP contribution in [-0.4, -0.2) is 75.9 Å². The van der Waals surface area contributed by atoms with Crippen LogP contribution < -0.4 is 10.6 Å². The molecule has 0 bridgehead atoms. The highest BCUT2D eigenvalue weighted by Gasteiger charge is 2.31. The minimum Gasteiger partial charge on any atom is -0.351 e. The summed E-state index contributed by atoms with van der Waals surface area (Å²) in [6, 6.07) is 1.55. The van der Waals surface area contributed by atoms with Crippen LogP contribution in [0.4, 0.5) is 0 Å². The topological polar surface area (TPSA) is 81.8 Å². The first-order valence-corrected chi connectivity index (χ1v) is 11.2. The molecule has 26 heavy (non-hydrogen) atoms. The van der Waals surface area contributed by atoms with Crippen molar-refractivity contribution in [3.05, 3.63) is 16.3 Å². The summed E-state index contributed by atoms with van der Waals surface area (Å²) in [7, 11) is -3.55. The van der Waals surface area contributed by atoms with E-state index in [9.17, 15) is 13.2 Å². The molecule has 0 aliphatic carbocycles. The molecule has 1 aromatic heterocycles. The first-order chi connectivity index (χ1) is 12.1. The molecule has 10 heteroatoms. The van der Waals surface area contributed by atoms with Crippen molar-refractivity contribution in [3.63, 3.8) is 0 Å². The fourth-order valence-electron chi connectivity index (χ4n) is 3.25. The second-order valence-electron chi connectivity index (χ2n) is 6.43. The normalized spacial score (nSPS) is 19.2. The third kappa shape index (κ3) is 5.17. The zero-order valence-electron chi connectivity index (χ0n) is 14.8. The highest BCUT2D eigenvalue weighted by Crippen LogP contribution is 2.27. The van der Waals surface area contributed by atoms with Gasteiger partial charge in [0, 0.05) is 45.8 Å². The quantitative estimate of drug-likeness (QED) is 0.640. The minimum atomic E-state index is -3.55. The van der Waals surface area contributed by atoms with Crippen molar-refractivity contribution < 1.29 is 13.2 Å². The van der Waals surface area contributed by atoms with Gasteiger partial charge < -0.3 is 15.5 Å². The second-order valence-corrected chi connectivity index (χ2v) is 9.25. The number of thiophene rings is 1. The Bertz CT molecular complexity index is 683. The molecule has 0 saturated carbocycles. The molecular weight excluding hydrogens is 396 g/mol. The number of rotatable bonds is 7. The number of nitrogens with one attached hydrogen (secondary N) is 2. The van der Waals surface area contributed by atoms with E-state index in [-0.39, 0.29) is 23.2 Å². The molecular formula is C16H27ClN4O3S2. The van der Waals surface area contributed by atoms with Crippen molar-refractivity contribution in [1.82, 2.24) is 19.8 Å². The molecule has 0 spiro atoms. The summed E-state index contributed by atoms with van der Waals surface area (Å²) >= 11 is 1.19. The molecule has 0 aromatic carbocycles. The summed E-state index contributed by atoms with van der Waals surface area (Å²) in [5.41, 5.74) is 0. The van der Waals surface area contributed by atoms with Crippen LogP contribution >= 0.6 is 23.7 Å². The van der Waals surface area contributed by atoms with Crippen LogP contribution in [0.25, 0.3) is 0 Å². The van der Waals surface area contributed by atoms with Crippen LogP contribution in [0, 0.1) is 0 Å². The van der Waals surface area contributed by atoms with Crippen LogP contribution in [0.2, 0.25) is 0 Å². The molecule has 2 N–H and O–H groups in total. The van der Waals surface area contributed by atoms with Crippen LogP contribution in [0.1, 0.15) is 28.9 Å². The van der Waals surface area contributed by atoms with Gasteiger partial charge in [0.05, 0.1) is 0 Å². The lowest BCUT2D eigenvalue weighted by Gasteiger charge is -2.27. The maximum atomic E-state index is 12.7.